The highest BCUT2D eigenvalue weighted by atomic mass is 16.2. The highest BCUT2D eigenvalue weighted by Crippen LogP contribution is 2.29. The fourth-order valence-electron chi connectivity index (χ4n) is 2.53. The molecular formula is C18H17N3O2. The van der Waals surface area contributed by atoms with Gasteiger partial charge in [0.05, 0.1) is 17.1 Å². The second-order valence-electron chi connectivity index (χ2n) is 5.24. The van der Waals surface area contributed by atoms with Gasteiger partial charge < -0.3 is 10.2 Å². The summed E-state index contributed by atoms with van der Waals surface area (Å²) in [6.07, 6.45) is 6.16. The summed E-state index contributed by atoms with van der Waals surface area (Å²) in [5.74, 6) is -0.162. The molecule has 0 atom stereocenters. The van der Waals surface area contributed by atoms with Gasteiger partial charge in [0.25, 0.3) is 0 Å². The number of hydrogen-bond donors (Lipinski definition) is 1. The number of aromatic nitrogens is 1. The third-order valence-corrected chi connectivity index (χ3v) is 3.62. The zero-order valence-corrected chi connectivity index (χ0v) is 12.6. The molecule has 1 saturated heterocycles. The first-order valence-electron chi connectivity index (χ1n) is 7.53. The molecule has 0 spiro atoms. The van der Waals surface area contributed by atoms with Gasteiger partial charge in [0.15, 0.2) is 0 Å². The van der Waals surface area contributed by atoms with Crippen LogP contribution in [0.25, 0.3) is 6.08 Å². The summed E-state index contributed by atoms with van der Waals surface area (Å²) < 4.78 is 0. The van der Waals surface area contributed by atoms with Crippen molar-refractivity contribution in [3.05, 3.63) is 60.4 Å². The van der Waals surface area contributed by atoms with Crippen LogP contribution >= 0.6 is 0 Å². The lowest BCUT2D eigenvalue weighted by Crippen LogP contribution is -2.25. The molecule has 1 fully saturated rings. The Morgan fingerprint density at radius 2 is 2.00 bits per heavy atom. The van der Waals surface area contributed by atoms with Crippen molar-refractivity contribution in [3.8, 4) is 0 Å². The Bertz CT molecular complexity index is 741. The topological polar surface area (TPSA) is 62.3 Å². The number of rotatable bonds is 4. The van der Waals surface area contributed by atoms with Crippen LogP contribution in [0.15, 0.2) is 54.7 Å². The van der Waals surface area contributed by atoms with Gasteiger partial charge in [0, 0.05) is 25.2 Å². The maximum atomic E-state index is 12.1. The molecule has 1 aromatic heterocycles. The van der Waals surface area contributed by atoms with E-state index in [4.69, 9.17) is 0 Å². The minimum atomic E-state index is -0.255. The third-order valence-electron chi connectivity index (χ3n) is 3.62. The minimum absolute atomic E-state index is 0.0933. The predicted molar refractivity (Wildman–Crippen MR) is 89.9 cm³/mol. The molecule has 1 aromatic carbocycles. The number of nitrogens with zero attached hydrogens (tertiary/aromatic N) is 2. The molecule has 0 radical (unpaired) electrons. The largest absolute Gasteiger partial charge is 0.321 e. The molecule has 1 N–H and O–H groups in total. The Labute approximate surface area is 134 Å². The maximum Gasteiger partial charge on any atom is 0.248 e. The van der Waals surface area contributed by atoms with Crippen molar-refractivity contribution < 1.29 is 9.59 Å². The standard InChI is InChI=1S/C18H17N3O2/c22-17(11-10-14-6-3-4-12-19-14)20-15-7-1-2-8-16(15)21-13-5-9-18(21)23/h1-4,6-8,10-12H,5,9,13H2,(H,20,22)/b11-10+. The fraction of sp³-hybridized carbons (Fsp3) is 0.167. The summed E-state index contributed by atoms with van der Waals surface area (Å²) in [6.45, 7) is 0.690. The quantitative estimate of drug-likeness (QED) is 0.884. The second-order valence-corrected chi connectivity index (χ2v) is 5.24. The average molecular weight is 307 g/mol. The van der Waals surface area contributed by atoms with Gasteiger partial charge in [-0.2, -0.15) is 0 Å². The number of carbonyl (C=O) groups excluding carboxylic acids is 2. The van der Waals surface area contributed by atoms with Gasteiger partial charge >= 0.3 is 0 Å². The first kappa shape index (κ1) is 15.0. The van der Waals surface area contributed by atoms with E-state index in [1.165, 1.54) is 6.08 Å². The normalized spacial score (nSPS) is 14.4. The van der Waals surface area contributed by atoms with Gasteiger partial charge in [-0.1, -0.05) is 18.2 Å². The average Bonchev–Trinajstić information content (AvgIpc) is 3.00. The second kappa shape index (κ2) is 6.87. The van der Waals surface area contributed by atoms with Crippen LogP contribution in [0.5, 0.6) is 0 Å². The SMILES string of the molecule is O=C(/C=C/c1ccccn1)Nc1ccccc1N1CCCC1=O. The zero-order chi connectivity index (χ0) is 16.1. The van der Waals surface area contributed by atoms with Crippen LogP contribution in [0, 0.1) is 0 Å². The Morgan fingerprint density at radius 1 is 1.17 bits per heavy atom. The third kappa shape index (κ3) is 3.63. The van der Waals surface area contributed by atoms with Crippen LogP contribution in [0.3, 0.4) is 0 Å². The van der Waals surface area contributed by atoms with E-state index in [9.17, 15) is 9.59 Å². The summed E-state index contributed by atoms with van der Waals surface area (Å²) in [4.78, 5) is 29.9. The van der Waals surface area contributed by atoms with E-state index in [0.717, 1.165) is 12.1 Å². The van der Waals surface area contributed by atoms with Gasteiger partial charge in [-0.25, -0.2) is 0 Å². The van der Waals surface area contributed by atoms with Crippen LogP contribution < -0.4 is 10.2 Å². The molecule has 23 heavy (non-hydrogen) atoms. The van der Waals surface area contributed by atoms with Gasteiger partial charge in [-0.3, -0.25) is 14.6 Å². The Kier molecular flexibility index (Phi) is 4.47. The number of carbonyl (C=O) groups is 2. The van der Waals surface area contributed by atoms with Crippen LogP contribution in [-0.2, 0) is 9.59 Å². The molecule has 0 saturated carbocycles. The molecule has 0 bridgehead atoms. The van der Waals surface area contributed by atoms with Crippen LogP contribution in [0.1, 0.15) is 18.5 Å². The van der Waals surface area contributed by atoms with Gasteiger partial charge in [0.1, 0.15) is 0 Å². The van der Waals surface area contributed by atoms with E-state index < -0.39 is 0 Å². The lowest BCUT2D eigenvalue weighted by atomic mass is 10.2. The van der Waals surface area contributed by atoms with Crippen molar-refractivity contribution in [2.45, 2.75) is 12.8 Å². The Balaban J connectivity index is 1.74. The number of nitrogens with one attached hydrogen (secondary N) is 1. The van der Waals surface area contributed by atoms with Crippen LogP contribution in [-0.4, -0.2) is 23.3 Å². The van der Waals surface area contributed by atoms with E-state index in [-0.39, 0.29) is 11.8 Å². The molecule has 2 amide bonds. The molecule has 5 heteroatoms. The summed E-state index contributed by atoms with van der Waals surface area (Å²) in [5.41, 5.74) is 2.10. The van der Waals surface area contributed by atoms with Crippen molar-refractivity contribution in [1.29, 1.82) is 0 Å². The predicted octanol–water partition coefficient (Wildman–Crippen LogP) is 2.86. The van der Waals surface area contributed by atoms with Crippen LogP contribution in [0.2, 0.25) is 0 Å². The van der Waals surface area contributed by atoms with Gasteiger partial charge in [-0.05, 0) is 36.8 Å². The zero-order valence-electron chi connectivity index (χ0n) is 12.6. The summed E-state index contributed by atoms with van der Waals surface area (Å²) >= 11 is 0. The van der Waals surface area contributed by atoms with Gasteiger partial charge in [0.2, 0.25) is 11.8 Å². The van der Waals surface area contributed by atoms with Crippen LogP contribution in [0.4, 0.5) is 11.4 Å². The molecule has 1 aliphatic heterocycles. The molecule has 0 unspecified atom stereocenters. The lowest BCUT2D eigenvalue weighted by Gasteiger charge is -2.19. The Hall–Kier alpha value is -2.95. The van der Waals surface area contributed by atoms with Gasteiger partial charge in [-0.15, -0.1) is 0 Å². The molecule has 2 aromatic rings. The van der Waals surface area contributed by atoms with Crippen molar-refractivity contribution in [2.24, 2.45) is 0 Å². The number of anilines is 2. The van der Waals surface area contributed by atoms with Crippen molar-refractivity contribution in [3.63, 3.8) is 0 Å². The van der Waals surface area contributed by atoms with Crippen molar-refractivity contribution in [2.75, 3.05) is 16.8 Å². The first-order chi connectivity index (χ1) is 11.2. The van der Waals surface area contributed by atoms with E-state index in [1.54, 1.807) is 23.2 Å². The minimum Gasteiger partial charge on any atom is -0.321 e. The van der Waals surface area contributed by atoms with E-state index in [2.05, 4.69) is 10.3 Å². The molecule has 5 nitrogen and oxygen atoms in total. The highest BCUT2D eigenvalue weighted by Gasteiger charge is 2.23. The van der Waals surface area contributed by atoms with Crippen molar-refractivity contribution >= 4 is 29.3 Å². The number of amides is 2. The fourth-order valence-corrected chi connectivity index (χ4v) is 2.53. The van der Waals surface area contributed by atoms with E-state index in [0.29, 0.717) is 24.3 Å². The number of para-hydroxylation sites is 2. The molecule has 3 rings (SSSR count). The first-order valence-corrected chi connectivity index (χ1v) is 7.53. The molecule has 2 heterocycles. The number of hydrogen-bond acceptors (Lipinski definition) is 3. The highest BCUT2D eigenvalue weighted by molar-refractivity contribution is 6.06. The monoisotopic (exact) mass is 307 g/mol. The van der Waals surface area contributed by atoms with Crippen molar-refractivity contribution in [1.82, 2.24) is 4.98 Å². The summed E-state index contributed by atoms with van der Waals surface area (Å²) in [7, 11) is 0. The molecule has 116 valence electrons. The molecular weight excluding hydrogens is 290 g/mol. The number of pyridine rings is 1. The molecule has 0 aliphatic carbocycles. The lowest BCUT2D eigenvalue weighted by molar-refractivity contribution is -0.117. The summed E-state index contributed by atoms with van der Waals surface area (Å²) in [6, 6.07) is 12.8. The summed E-state index contributed by atoms with van der Waals surface area (Å²) in [5, 5.41) is 2.83. The Morgan fingerprint density at radius 3 is 2.74 bits per heavy atom. The smallest absolute Gasteiger partial charge is 0.248 e. The molecule has 1 aliphatic rings. The van der Waals surface area contributed by atoms with E-state index in [1.807, 2.05) is 36.4 Å². The number of benzene rings is 1. The maximum absolute atomic E-state index is 12.1. The van der Waals surface area contributed by atoms with E-state index >= 15 is 0 Å².